The lowest BCUT2D eigenvalue weighted by molar-refractivity contribution is 0.0865. The molecule has 0 unspecified atom stereocenters. The van der Waals surface area contributed by atoms with Crippen LogP contribution in [0.3, 0.4) is 0 Å². The van der Waals surface area contributed by atoms with Gasteiger partial charge in [0, 0.05) is 18.7 Å². The number of nitrogens with one attached hydrogen (secondary N) is 1. The van der Waals surface area contributed by atoms with Gasteiger partial charge in [0.1, 0.15) is 5.75 Å². The zero-order valence-corrected chi connectivity index (χ0v) is 19.0. The Hall–Kier alpha value is -1.21. The number of piperidine rings is 1. The van der Waals surface area contributed by atoms with E-state index in [0.29, 0.717) is 27.9 Å². The molecule has 0 bridgehead atoms. The SMILES string of the molecule is COc1cc(N)c(Cl)cc1C(=O)N[C@H]1CCCC[C@H]1CN1CCC(C)CC1.Cl.O. The van der Waals surface area contributed by atoms with E-state index in [2.05, 4.69) is 17.1 Å². The molecule has 1 aromatic rings. The summed E-state index contributed by atoms with van der Waals surface area (Å²) in [6.45, 7) is 5.78. The Morgan fingerprint density at radius 2 is 1.90 bits per heavy atom. The molecule has 2 fully saturated rings. The number of carbonyl (C=O) groups excluding carboxylic acids is 1. The monoisotopic (exact) mass is 447 g/mol. The highest BCUT2D eigenvalue weighted by Gasteiger charge is 2.30. The van der Waals surface area contributed by atoms with Crippen molar-refractivity contribution in [3.8, 4) is 5.75 Å². The van der Waals surface area contributed by atoms with E-state index in [9.17, 15) is 4.79 Å². The van der Waals surface area contributed by atoms with Gasteiger partial charge in [0.05, 0.1) is 23.4 Å². The lowest BCUT2D eigenvalue weighted by Crippen LogP contribution is -2.47. The molecule has 29 heavy (non-hydrogen) atoms. The van der Waals surface area contributed by atoms with Gasteiger partial charge < -0.3 is 26.2 Å². The highest BCUT2D eigenvalue weighted by atomic mass is 35.5. The van der Waals surface area contributed by atoms with Crippen molar-refractivity contribution in [3.05, 3.63) is 22.7 Å². The first-order valence-corrected chi connectivity index (χ1v) is 10.5. The minimum atomic E-state index is -0.127. The number of hydrogen-bond acceptors (Lipinski definition) is 4. The highest BCUT2D eigenvalue weighted by Crippen LogP contribution is 2.31. The average Bonchev–Trinajstić information content (AvgIpc) is 2.66. The fourth-order valence-corrected chi connectivity index (χ4v) is 4.52. The Balaban J connectivity index is 0.00000210. The van der Waals surface area contributed by atoms with Crippen molar-refractivity contribution in [3.63, 3.8) is 0 Å². The number of rotatable bonds is 5. The number of methoxy groups -OCH3 is 1. The summed E-state index contributed by atoms with van der Waals surface area (Å²) in [5.74, 6) is 1.68. The molecule has 8 heteroatoms. The Kier molecular flexibility index (Phi) is 10.5. The lowest BCUT2D eigenvalue weighted by Gasteiger charge is -2.38. The summed E-state index contributed by atoms with van der Waals surface area (Å²) in [6.07, 6.45) is 7.19. The third-order valence-electron chi connectivity index (χ3n) is 6.16. The van der Waals surface area contributed by atoms with Crippen molar-refractivity contribution in [1.82, 2.24) is 10.2 Å². The summed E-state index contributed by atoms with van der Waals surface area (Å²) >= 11 is 6.13. The summed E-state index contributed by atoms with van der Waals surface area (Å²) in [4.78, 5) is 15.5. The van der Waals surface area contributed by atoms with Crippen molar-refractivity contribution < 1.29 is 15.0 Å². The molecule has 5 N–H and O–H groups in total. The molecular weight excluding hydrogens is 413 g/mol. The van der Waals surface area contributed by atoms with Crippen molar-refractivity contribution >= 4 is 35.6 Å². The third-order valence-corrected chi connectivity index (χ3v) is 6.49. The number of nitrogen functional groups attached to an aromatic ring is 1. The van der Waals surface area contributed by atoms with Gasteiger partial charge in [-0.3, -0.25) is 4.79 Å². The second-order valence-corrected chi connectivity index (χ2v) is 8.59. The number of halogens is 2. The van der Waals surface area contributed by atoms with Crippen LogP contribution in [0.4, 0.5) is 5.69 Å². The van der Waals surface area contributed by atoms with Crippen molar-refractivity contribution in [2.45, 2.75) is 51.5 Å². The van der Waals surface area contributed by atoms with Crippen LogP contribution in [0.15, 0.2) is 12.1 Å². The molecule has 166 valence electrons. The molecule has 3 rings (SSSR count). The van der Waals surface area contributed by atoms with Crippen molar-refractivity contribution in [2.75, 3.05) is 32.5 Å². The largest absolute Gasteiger partial charge is 0.496 e. The molecule has 0 aromatic heterocycles. The molecule has 1 aliphatic carbocycles. The van der Waals surface area contributed by atoms with E-state index in [0.717, 1.165) is 25.3 Å². The first-order valence-electron chi connectivity index (χ1n) is 10.1. The molecule has 0 spiro atoms. The lowest BCUT2D eigenvalue weighted by atomic mass is 9.83. The van der Waals surface area contributed by atoms with Gasteiger partial charge in [0.2, 0.25) is 0 Å². The Morgan fingerprint density at radius 3 is 2.55 bits per heavy atom. The van der Waals surface area contributed by atoms with E-state index in [-0.39, 0.29) is 29.8 Å². The number of anilines is 1. The van der Waals surface area contributed by atoms with Crippen LogP contribution in [-0.4, -0.2) is 49.1 Å². The van der Waals surface area contributed by atoms with Crippen LogP contribution in [0.5, 0.6) is 5.75 Å². The fourth-order valence-electron chi connectivity index (χ4n) is 4.35. The van der Waals surface area contributed by atoms with E-state index < -0.39 is 0 Å². The van der Waals surface area contributed by atoms with Gasteiger partial charge in [0.15, 0.2) is 0 Å². The van der Waals surface area contributed by atoms with Crippen LogP contribution in [0.1, 0.15) is 55.8 Å². The maximum absolute atomic E-state index is 12.9. The first-order chi connectivity index (χ1) is 13.0. The van der Waals surface area contributed by atoms with Gasteiger partial charge in [-0.2, -0.15) is 0 Å². The smallest absolute Gasteiger partial charge is 0.255 e. The molecule has 1 amide bonds. The molecule has 1 saturated carbocycles. The summed E-state index contributed by atoms with van der Waals surface area (Å²) < 4.78 is 5.34. The predicted octanol–water partition coefficient (Wildman–Crippen LogP) is 3.55. The van der Waals surface area contributed by atoms with Gasteiger partial charge in [-0.1, -0.05) is 31.4 Å². The van der Waals surface area contributed by atoms with Crippen LogP contribution in [0.2, 0.25) is 5.02 Å². The maximum Gasteiger partial charge on any atom is 0.255 e. The Morgan fingerprint density at radius 1 is 1.24 bits per heavy atom. The minimum absolute atomic E-state index is 0. The topological polar surface area (TPSA) is 99.1 Å². The number of hydrogen-bond donors (Lipinski definition) is 2. The molecule has 1 heterocycles. The molecule has 2 aliphatic rings. The molecule has 0 radical (unpaired) electrons. The maximum atomic E-state index is 12.9. The number of amides is 1. The standard InChI is InChI=1S/C21H32ClN3O2.ClH.H2O/c1-14-7-9-25(10-8-14)13-15-5-3-4-6-19(15)24-21(26)16-11-17(22)18(23)12-20(16)27-2;;/h11-12,14-15,19H,3-10,13,23H2,1-2H3,(H,24,26);1H;1H2/t15-,19-;;/m0../s1. The van der Waals surface area contributed by atoms with Gasteiger partial charge in [-0.05, 0) is 56.7 Å². The zero-order chi connectivity index (χ0) is 19.4. The van der Waals surface area contributed by atoms with Gasteiger partial charge >= 0.3 is 0 Å². The van der Waals surface area contributed by atoms with E-state index >= 15 is 0 Å². The summed E-state index contributed by atoms with van der Waals surface area (Å²) in [5, 5.41) is 3.64. The number of nitrogens with two attached hydrogens (primary N) is 1. The Labute approximate surface area is 185 Å². The minimum Gasteiger partial charge on any atom is -0.496 e. The molecular formula is C21H35Cl2N3O3. The first kappa shape index (κ1) is 25.8. The highest BCUT2D eigenvalue weighted by molar-refractivity contribution is 6.33. The number of nitrogens with zero attached hydrogens (tertiary/aromatic N) is 1. The number of carbonyl (C=O) groups is 1. The summed E-state index contributed by atoms with van der Waals surface area (Å²) in [7, 11) is 1.54. The number of ether oxygens (including phenoxy) is 1. The van der Waals surface area contributed by atoms with E-state index in [1.54, 1.807) is 19.2 Å². The molecule has 1 aliphatic heterocycles. The summed E-state index contributed by atoms with van der Waals surface area (Å²) in [6, 6.07) is 3.42. The van der Waals surface area contributed by atoms with Gasteiger partial charge in [-0.15, -0.1) is 12.4 Å². The van der Waals surface area contributed by atoms with E-state index in [4.69, 9.17) is 22.1 Å². The molecule has 1 saturated heterocycles. The summed E-state index contributed by atoms with van der Waals surface area (Å²) in [5.41, 5.74) is 6.70. The van der Waals surface area contributed by atoms with Crippen molar-refractivity contribution in [2.24, 2.45) is 11.8 Å². The van der Waals surface area contributed by atoms with Crippen LogP contribution in [-0.2, 0) is 0 Å². The predicted molar refractivity (Wildman–Crippen MR) is 121 cm³/mol. The number of likely N-dealkylation sites (tertiary alicyclic amines) is 1. The third kappa shape index (κ3) is 6.64. The van der Waals surface area contributed by atoms with Crippen LogP contribution in [0.25, 0.3) is 0 Å². The van der Waals surface area contributed by atoms with Crippen molar-refractivity contribution in [1.29, 1.82) is 0 Å². The fraction of sp³-hybridized carbons (Fsp3) is 0.667. The average molecular weight is 448 g/mol. The number of benzene rings is 1. The quantitative estimate of drug-likeness (QED) is 0.673. The van der Waals surface area contributed by atoms with E-state index in [1.807, 2.05) is 0 Å². The second-order valence-electron chi connectivity index (χ2n) is 8.18. The Bertz CT molecular complexity index is 667. The van der Waals surface area contributed by atoms with Crippen LogP contribution >= 0.6 is 24.0 Å². The van der Waals surface area contributed by atoms with Gasteiger partial charge in [-0.25, -0.2) is 0 Å². The molecule has 6 nitrogen and oxygen atoms in total. The zero-order valence-electron chi connectivity index (χ0n) is 17.4. The normalized spacial score (nSPS) is 22.9. The van der Waals surface area contributed by atoms with E-state index in [1.165, 1.54) is 38.8 Å². The molecule has 2 atom stereocenters. The van der Waals surface area contributed by atoms with Crippen LogP contribution < -0.4 is 15.8 Å². The van der Waals surface area contributed by atoms with Gasteiger partial charge in [0.25, 0.3) is 5.91 Å². The second kappa shape index (κ2) is 11.8. The molecule has 1 aromatic carbocycles. The van der Waals surface area contributed by atoms with Crippen LogP contribution in [0, 0.1) is 11.8 Å².